The molecule has 5 heteroatoms. The first-order valence-electron chi connectivity index (χ1n) is 6.27. The number of hydrogen-bond donors (Lipinski definition) is 0. The van der Waals surface area contributed by atoms with Crippen molar-refractivity contribution in [2.45, 2.75) is 0 Å². The summed E-state index contributed by atoms with van der Waals surface area (Å²) in [5, 5.41) is 7.71. The summed E-state index contributed by atoms with van der Waals surface area (Å²) in [5.74, 6) is 0.833. The van der Waals surface area contributed by atoms with E-state index >= 15 is 0 Å². The molecule has 0 aliphatic rings. The highest BCUT2D eigenvalue weighted by molar-refractivity contribution is 5.83. The molecule has 0 aliphatic heterocycles. The number of nitrogens with zero attached hydrogens (tertiary/aromatic N) is 2. The molecule has 0 aliphatic carbocycles. The summed E-state index contributed by atoms with van der Waals surface area (Å²) in [6, 6.07) is 11.9. The number of hydrogen-bond acceptors (Lipinski definition) is 4. The van der Waals surface area contributed by atoms with Gasteiger partial charge in [-0.2, -0.15) is 10.2 Å². The molecule has 21 heavy (non-hydrogen) atoms. The minimum Gasteiger partial charge on any atom is -0.497 e. The van der Waals surface area contributed by atoms with Crippen LogP contribution in [0.3, 0.4) is 0 Å². The number of ether oxygens (including phenoxy) is 2. The maximum atomic E-state index is 13.6. The lowest BCUT2D eigenvalue weighted by Crippen LogP contribution is -1.90. The summed E-state index contributed by atoms with van der Waals surface area (Å²) in [6.45, 7) is 0. The van der Waals surface area contributed by atoms with Gasteiger partial charge in [-0.05, 0) is 42.0 Å². The van der Waals surface area contributed by atoms with Crippen molar-refractivity contribution in [1.82, 2.24) is 0 Å². The third kappa shape index (κ3) is 4.14. The van der Waals surface area contributed by atoms with E-state index in [4.69, 9.17) is 9.47 Å². The van der Waals surface area contributed by atoms with E-state index < -0.39 is 5.82 Å². The zero-order valence-corrected chi connectivity index (χ0v) is 11.8. The second-order valence-electron chi connectivity index (χ2n) is 4.15. The molecule has 0 bridgehead atoms. The van der Waals surface area contributed by atoms with Crippen LogP contribution in [0.1, 0.15) is 11.1 Å². The fourth-order valence-corrected chi connectivity index (χ4v) is 1.63. The monoisotopic (exact) mass is 286 g/mol. The molecule has 0 radical (unpaired) electrons. The Hall–Kier alpha value is -2.69. The van der Waals surface area contributed by atoms with E-state index in [0.717, 1.165) is 11.3 Å². The van der Waals surface area contributed by atoms with Crippen LogP contribution < -0.4 is 9.47 Å². The van der Waals surface area contributed by atoms with Crippen LogP contribution in [0.2, 0.25) is 0 Å². The predicted molar refractivity (Wildman–Crippen MR) is 81.1 cm³/mol. The van der Waals surface area contributed by atoms with Crippen LogP contribution in [0.5, 0.6) is 11.5 Å². The first-order chi connectivity index (χ1) is 10.2. The Bertz CT molecular complexity index is 652. The lowest BCUT2D eigenvalue weighted by atomic mass is 10.2. The molecule has 0 aromatic heterocycles. The second kappa shape index (κ2) is 7.19. The van der Waals surface area contributed by atoms with E-state index in [0.29, 0.717) is 11.3 Å². The zero-order chi connectivity index (χ0) is 15.1. The van der Waals surface area contributed by atoms with Crippen LogP contribution in [0.4, 0.5) is 4.39 Å². The van der Waals surface area contributed by atoms with E-state index in [2.05, 4.69) is 10.2 Å². The van der Waals surface area contributed by atoms with Crippen LogP contribution in [0.25, 0.3) is 0 Å². The van der Waals surface area contributed by atoms with Crippen molar-refractivity contribution < 1.29 is 13.9 Å². The fraction of sp³-hybridized carbons (Fsp3) is 0.125. The van der Waals surface area contributed by atoms with Crippen molar-refractivity contribution in [3.63, 3.8) is 0 Å². The molecule has 0 atom stereocenters. The lowest BCUT2D eigenvalue weighted by Gasteiger charge is -2.00. The quantitative estimate of drug-likeness (QED) is 0.625. The number of methoxy groups -OCH3 is 2. The smallest absolute Gasteiger partial charge is 0.135 e. The van der Waals surface area contributed by atoms with Crippen LogP contribution in [0.15, 0.2) is 52.7 Å². The Morgan fingerprint density at radius 3 is 2.10 bits per heavy atom. The van der Waals surface area contributed by atoms with Crippen molar-refractivity contribution in [2.24, 2.45) is 10.2 Å². The van der Waals surface area contributed by atoms with Crippen molar-refractivity contribution in [2.75, 3.05) is 14.2 Å². The van der Waals surface area contributed by atoms with Crippen LogP contribution in [0, 0.1) is 5.82 Å². The van der Waals surface area contributed by atoms with E-state index in [-0.39, 0.29) is 0 Å². The maximum absolute atomic E-state index is 13.6. The van der Waals surface area contributed by atoms with E-state index in [1.54, 1.807) is 25.5 Å². The van der Waals surface area contributed by atoms with Gasteiger partial charge in [0, 0.05) is 11.6 Å². The zero-order valence-electron chi connectivity index (χ0n) is 11.8. The molecule has 108 valence electrons. The van der Waals surface area contributed by atoms with E-state index in [1.165, 1.54) is 19.4 Å². The molecule has 0 saturated carbocycles. The Morgan fingerprint density at radius 1 is 0.857 bits per heavy atom. The highest BCUT2D eigenvalue weighted by Crippen LogP contribution is 2.14. The normalized spacial score (nSPS) is 11.2. The van der Waals surface area contributed by atoms with Crippen molar-refractivity contribution >= 4 is 12.4 Å². The molecule has 0 N–H and O–H groups in total. The maximum Gasteiger partial charge on any atom is 0.135 e. The van der Waals surface area contributed by atoms with Gasteiger partial charge in [-0.15, -0.1) is 0 Å². The van der Waals surface area contributed by atoms with Crippen molar-refractivity contribution in [3.05, 3.63) is 59.4 Å². The molecule has 2 rings (SSSR count). The summed E-state index contributed by atoms with van der Waals surface area (Å²) in [5.41, 5.74) is 1.23. The number of rotatable bonds is 5. The molecule has 0 heterocycles. The molecule has 0 amide bonds. The predicted octanol–water partition coefficient (Wildman–Crippen LogP) is 3.30. The Labute approximate surface area is 122 Å². The third-order valence-electron chi connectivity index (χ3n) is 2.79. The number of halogens is 1. The van der Waals surface area contributed by atoms with Gasteiger partial charge in [0.05, 0.1) is 26.6 Å². The second-order valence-corrected chi connectivity index (χ2v) is 4.15. The van der Waals surface area contributed by atoms with E-state index in [1.807, 2.05) is 24.3 Å². The molecule has 4 nitrogen and oxygen atoms in total. The van der Waals surface area contributed by atoms with Gasteiger partial charge < -0.3 is 9.47 Å². The Kier molecular flexibility index (Phi) is 5.04. The van der Waals surface area contributed by atoms with Crippen molar-refractivity contribution in [3.8, 4) is 11.5 Å². The highest BCUT2D eigenvalue weighted by atomic mass is 19.1. The van der Waals surface area contributed by atoms with Gasteiger partial charge in [0.2, 0.25) is 0 Å². The van der Waals surface area contributed by atoms with Gasteiger partial charge in [-0.25, -0.2) is 4.39 Å². The summed E-state index contributed by atoms with van der Waals surface area (Å²) in [6.07, 6.45) is 2.94. The van der Waals surface area contributed by atoms with E-state index in [9.17, 15) is 4.39 Å². The minimum atomic E-state index is -0.405. The fourth-order valence-electron chi connectivity index (χ4n) is 1.63. The molecule has 0 fully saturated rings. The Balaban J connectivity index is 2.02. The summed E-state index contributed by atoms with van der Waals surface area (Å²) >= 11 is 0. The first kappa shape index (κ1) is 14.7. The van der Waals surface area contributed by atoms with Crippen LogP contribution in [-0.2, 0) is 0 Å². The van der Waals surface area contributed by atoms with Crippen LogP contribution in [-0.4, -0.2) is 26.6 Å². The number of benzene rings is 2. The lowest BCUT2D eigenvalue weighted by molar-refractivity contribution is 0.411. The minimum absolute atomic E-state index is 0.350. The molecular formula is C16H15FN2O2. The topological polar surface area (TPSA) is 43.2 Å². The highest BCUT2D eigenvalue weighted by Gasteiger charge is 2.00. The molecule has 2 aromatic rings. The van der Waals surface area contributed by atoms with Gasteiger partial charge in [-0.3, -0.25) is 0 Å². The molecule has 2 aromatic carbocycles. The van der Waals surface area contributed by atoms with Gasteiger partial charge in [0.25, 0.3) is 0 Å². The largest absolute Gasteiger partial charge is 0.497 e. The third-order valence-corrected chi connectivity index (χ3v) is 2.79. The summed E-state index contributed by atoms with van der Waals surface area (Å²) < 4.78 is 23.6. The first-order valence-corrected chi connectivity index (χ1v) is 6.27. The van der Waals surface area contributed by atoms with Crippen LogP contribution >= 0.6 is 0 Å². The standard InChI is InChI=1S/C16H15FN2O2/c1-20-14-6-3-12(4-7-14)10-18-19-11-13-5-8-15(21-2)9-16(13)17/h3-11H,1-2H3. The van der Waals surface area contributed by atoms with Gasteiger partial charge in [-0.1, -0.05) is 0 Å². The average Bonchev–Trinajstić information content (AvgIpc) is 2.53. The molecule has 0 spiro atoms. The van der Waals surface area contributed by atoms with Gasteiger partial charge in [0.1, 0.15) is 17.3 Å². The summed E-state index contributed by atoms with van der Waals surface area (Å²) in [4.78, 5) is 0. The molecule has 0 saturated heterocycles. The average molecular weight is 286 g/mol. The summed E-state index contributed by atoms with van der Waals surface area (Å²) in [7, 11) is 3.10. The molecule has 0 unspecified atom stereocenters. The molecular weight excluding hydrogens is 271 g/mol. The Morgan fingerprint density at radius 2 is 1.48 bits per heavy atom. The van der Waals surface area contributed by atoms with Crippen molar-refractivity contribution in [1.29, 1.82) is 0 Å². The SMILES string of the molecule is COc1ccc(C=NN=Cc2ccc(OC)cc2F)cc1. The van der Waals surface area contributed by atoms with Gasteiger partial charge >= 0.3 is 0 Å². The van der Waals surface area contributed by atoms with Gasteiger partial charge in [0.15, 0.2) is 0 Å².